The summed E-state index contributed by atoms with van der Waals surface area (Å²) < 4.78 is 0. The Morgan fingerprint density at radius 3 is 2.19 bits per heavy atom. The Kier molecular flexibility index (Phi) is 7.59. The summed E-state index contributed by atoms with van der Waals surface area (Å²) in [6, 6.07) is 20.4. The zero-order chi connectivity index (χ0) is 19.6. The lowest BCUT2D eigenvalue weighted by atomic mass is 10.1. The molecule has 0 spiro atoms. The summed E-state index contributed by atoms with van der Waals surface area (Å²) >= 11 is 0. The number of aromatic nitrogens is 2. The largest absolute Gasteiger partial charge is 0.384 e. The molecule has 2 aromatic heterocycles. The third-order valence-electron chi connectivity index (χ3n) is 3.96. The van der Waals surface area contributed by atoms with Crippen LogP contribution in [0.15, 0.2) is 73.1 Å². The van der Waals surface area contributed by atoms with Crippen LogP contribution in [0.25, 0.3) is 10.9 Å². The average molecular weight is 361 g/mol. The summed E-state index contributed by atoms with van der Waals surface area (Å²) in [7, 11) is 0. The zero-order valence-electron chi connectivity index (χ0n) is 16.2. The number of anilines is 1. The van der Waals surface area contributed by atoms with Gasteiger partial charge in [0, 0.05) is 24.5 Å². The van der Waals surface area contributed by atoms with Crippen LogP contribution in [-0.2, 0) is 6.54 Å². The third-order valence-corrected chi connectivity index (χ3v) is 3.96. The van der Waals surface area contributed by atoms with E-state index in [4.69, 9.17) is 11.5 Å². The Hall–Kier alpha value is -3.11. The molecule has 0 aliphatic heterocycles. The normalized spacial score (nSPS) is 9.78. The van der Waals surface area contributed by atoms with Gasteiger partial charge in [-0.15, -0.1) is 0 Å². The number of nitrogens with two attached hydrogens (primary N) is 2. The molecule has 4 rings (SSSR count). The topological polar surface area (TPSA) is 80.7 Å². The Balaban J connectivity index is 0.000000146. The molecule has 0 atom stereocenters. The van der Waals surface area contributed by atoms with Gasteiger partial charge in [0.05, 0.1) is 0 Å². The van der Waals surface area contributed by atoms with E-state index in [1.807, 2.05) is 31.3 Å². The van der Waals surface area contributed by atoms with E-state index in [2.05, 4.69) is 60.2 Å². The van der Waals surface area contributed by atoms with Gasteiger partial charge in [0.15, 0.2) is 0 Å². The Morgan fingerprint density at radius 2 is 1.59 bits per heavy atom. The summed E-state index contributed by atoms with van der Waals surface area (Å²) in [5.41, 5.74) is 16.9. The fourth-order valence-corrected chi connectivity index (χ4v) is 2.48. The van der Waals surface area contributed by atoms with Crippen LogP contribution < -0.4 is 11.5 Å². The third kappa shape index (κ3) is 6.96. The van der Waals surface area contributed by atoms with Crippen LogP contribution in [0.5, 0.6) is 0 Å². The standard InChI is InChI=1S/C9H9N.C8H11N.C6H8N2/c1-7-2-3-8-4-5-10-9(8)6-7;1-7-3-2-4-8(5-7)6-9;1-5-2-3-6(7)8-4-5/h2-6,10H,1H3;2-5H,6,9H2,1H3;2-4H,1H3,(H2,7,8). The maximum absolute atomic E-state index is 5.42. The molecule has 4 heteroatoms. The van der Waals surface area contributed by atoms with Gasteiger partial charge in [0.1, 0.15) is 5.82 Å². The number of fused-ring (bicyclic) bond motifs is 1. The van der Waals surface area contributed by atoms with E-state index in [-0.39, 0.29) is 0 Å². The molecule has 140 valence electrons. The first-order valence-corrected chi connectivity index (χ1v) is 8.95. The second kappa shape index (κ2) is 10.1. The molecule has 2 aromatic carbocycles. The molecule has 0 bridgehead atoms. The van der Waals surface area contributed by atoms with Crippen molar-refractivity contribution in [1.29, 1.82) is 0 Å². The van der Waals surface area contributed by atoms with E-state index in [1.54, 1.807) is 12.3 Å². The predicted octanol–water partition coefficient (Wildman–Crippen LogP) is 4.90. The van der Waals surface area contributed by atoms with Crippen molar-refractivity contribution in [2.24, 2.45) is 5.73 Å². The average Bonchev–Trinajstić information content (AvgIpc) is 3.13. The fraction of sp³-hybridized carbons (Fsp3) is 0.174. The first kappa shape index (κ1) is 20.2. The molecular formula is C23H28N4. The quantitative estimate of drug-likeness (QED) is 0.451. The summed E-state index contributed by atoms with van der Waals surface area (Å²) in [5.74, 6) is 0.579. The Bertz CT molecular complexity index is 934. The van der Waals surface area contributed by atoms with Crippen molar-refractivity contribution >= 4 is 16.7 Å². The zero-order valence-corrected chi connectivity index (χ0v) is 16.2. The number of pyridine rings is 1. The monoisotopic (exact) mass is 360 g/mol. The molecule has 0 amide bonds. The van der Waals surface area contributed by atoms with Gasteiger partial charge in [-0.05, 0) is 61.0 Å². The van der Waals surface area contributed by atoms with Gasteiger partial charge in [0.2, 0.25) is 0 Å². The van der Waals surface area contributed by atoms with Gasteiger partial charge >= 0.3 is 0 Å². The van der Waals surface area contributed by atoms with Gasteiger partial charge in [-0.25, -0.2) is 4.98 Å². The summed E-state index contributed by atoms with van der Waals surface area (Å²) in [4.78, 5) is 7.02. The SMILES string of the molecule is Cc1ccc(N)nc1.Cc1ccc2cc[nH]c2c1.Cc1cccc(CN)c1. The molecule has 27 heavy (non-hydrogen) atoms. The summed E-state index contributed by atoms with van der Waals surface area (Å²) in [6.45, 7) is 6.79. The molecule has 0 saturated heterocycles. The first-order chi connectivity index (χ1) is 13.0. The van der Waals surface area contributed by atoms with E-state index in [0.717, 1.165) is 5.56 Å². The van der Waals surface area contributed by atoms with Crippen molar-refractivity contribution < 1.29 is 0 Å². The number of nitrogen functional groups attached to an aromatic ring is 1. The Morgan fingerprint density at radius 1 is 0.852 bits per heavy atom. The highest BCUT2D eigenvalue weighted by atomic mass is 14.8. The highest BCUT2D eigenvalue weighted by Gasteiger charge is 1.91. The van der Waals surface area contributed by atoms with Crippen molar-refractivity contribution in [3.63, 3.8) is 0 Å². The number of benzene rings is 2. The van der Waals surface area contributed by atoms with Crippen LogP contribution in [0.4, 0.5) is 5.82 Å². The number of nitrogens with zero attached hydrogens (tertiary/aromatic N) is 1. The molecule has 2 heterocycles. The minimum Gasteiger partial charge on any atom is -0.384 e. The lowest BCUT2D eigenvalue weighted by Gasteiger charge is -1.95. The number of hydrogen-bond donors (Lipinski definition) is 3. The van der Waals surface area contributed by atoms with Gasteiger partial charge < -0.3 is 16.5 Å². The highest BCUT2D eigenvalue weighted by molar-refractivity contribution is 5.79. The fourth-order valence-electron chi connectivity index (χ4n) is 2.48. The summed E-state index contributed by atoms with van der Waals surface area (Å²) in [5, 5.41) is 1.28. The van der Waals surface area contributed by atoms with Crippen LogP contribution in [0, 0.1) is 20.8 Å². The molecule has 4 aromatic rings. The predicted molar refractivity (Wildman–Crippen MR) is 115 cm³/mol. The summed E-state index contributed by atoms with van der Waals surface area (Å²) in [6.07, 6.45) is 3.71. The molecule has 0 aliphatic rings. The lowest BCUT2D eigenvalue weighted by molar-refractivity contribution is 1.07. The Labute approximate surface area is 161 Å². The van der Waals surface area contributed by atoms with Crippen molar-refractivity contribution in [2.75, 3.05) is 5.73 Å². The molecule has 4 nitrogen and oxygen atoms in total. The van der Waals surface area contributed by atoms with Crippen molar-refractivity contribution in [3.8, 4) is 0 Å². The highest BCUT2D eigenvalue weighted by Crippen LogP contribution is 2.12. The van der Waals surface area contributed by atoms with Crippen molar-refractivity contribution in [1.82, 2.24) is 9.97 Å². The second-order valence-corrected chi connectivity index (χ2v) is 6.52. The number of aryl methyl sites for hydroxylation is 3. The van der Waals surface area contributed by atoms with Gasteiger partial charge in [-0.3, -0.25) is 0 Å². The number of aromatic amines is 1. The van der Waals surface area contributed by atoms with E-state index >= 15 is 0 Å². The van der Waals surface area contributed by atoms with E-state index in [1.165, 1.54) is 27.6 Å². The number of nitrogens with one attached hydrogen (secondary N) is 1. The molecule has 0 radical (unpaired) electrons. The smallest absolute Gasteiger partial charge is 0.123 e. The molecule has 0 saturated carbocycles. The van der Waals surface area contributed by atoms with Crippen molar-refractivity contribution in [2.45, 2.75) is 27.3 Å². The number of H-pyrrole nitrogens is 1. The van der Waals surface area contributed by atoms with Crippen LogP contribution >= 0.6 is 0 Å². The lowest BCUT2D eigenvalue weighted by Crippen LogP contribution is -1.95. The minimum absolute atomic E-state index is 0.579. The van der Waals surface area contributed by atoms with Gasteiger partial charge in [0.25, 0.3) is 0 Å². The second-order valence-electron chi connectivity index (χ2n) is 6.52. The molecule has 0 fully saturated rings. The van der Waals surface area contributed by atoms with Crippen LogP contribution in [0.3, 0.4) is 0 Å². The molecule has 0 aliphatic carbocycles. The molecular weight excluding hydrogens is 332 g/mol. The van der Waals surface area contributed by atoms with Crippen LogP contribution in [-0.4, -0.2) is 9.97 Å². The maximum atomic E-state index is 5.42. The van der Waals surface area contributed by atoms with Gasteiger partial charge in [-0.1, -0.05) is 48.0 Å². The number of rotatable bonds is 1. The van der Waals surface area contributed by atoms with E-state index in [9.17, 15) is 0 Å². The molecule has 0 unspecified atom stereocenters. The van der Waals surface area contributed by atoms with Crippen LogP contribution in [0.2, 0.25) is 0 Å². The van der Waals surface area contributed by atoms with Crippen molar-refractivity contribution in [3.05, 3.63) is 95.3 Å². The maximum Gasteiger partial charge on any atom is 0.123 e. The molecule has 5 N–H and O–H groups in total. The van der Waals surface area contributed by atoms with E-state index < -0.39 is 0 Å². The van der Waals surface area contributed by atoms with E-state index in [0.29, 0.717) is 12.4 Å². The first-order valence-electron chi connectivity index (χ1n) is 8.95. The van der Waals surface area contributed by atoms with Crippen LogP contribution in [0.1, 0.15) is 22.3 Å². The number of hydrogen-bond acceptors (Lipinski definition) is 3. The van der Waals surface area contributed by atoms with Gasteiger partial charge in [-0.2, -0.15) is 0 Å². The minimum atomic E-state index is 0.579.